The summed E-state index contributed by atoms with van der Waals surface area (Å²) in [5.74, 6) is -0.000853. The van der Waals surface area contributed by atoms with Crippen LogP contribution >= 0.6 is 0 Å². The molecular formula is C20H27NO4. The van der Waals surface area contributed by atoms with Gasteiger partial charge in [-0.15, -0.1) is 0 Å². The summed E-state index contributed by atoms with van der Waals surface area (Å²) in [4.78, 5) is 25.0. The van der Waals surface area contributed by atoms with E-state index in [9.17, 15) is 9.59 Å². The number of benzene rings is 1. The van der Waals surface area contributed by atoms with Crippen LogP contribution < -0.4 is 9.47 Å². The molecule has 0 amide bonds. The van der Waals surface area contributed by atoms with E-state index in [0.717, 1.165) is 5.56 Å². The highest BCUT2D eigenvalue weighted by atomic mass is 16.5. The fourth-order valence-electron chi connectivity index (χ4n) is 3.33. The van der Waals surface area contributed by atoms with Crippen LogP contribution in [-0.2, 0) is 16.0 Å². The van der Waals surface area contributed by atoms with Gasteiger partial charge in [0.05, 0.1) is 13.2 Å². The van der Waals surface area contributed by atoms with Gasteiger partial charge in [0, 0.05) is 18.6 Å². The van der Waals surface area contributed by atoms with Crippen LogP contribution in [0.25, 0.3) is 0 Å². The zero-order valence-corrected chi connectivity index (χ0v) is 15.5. The van der Waals surface area contributed by atoms with Gasteiger partial charge < -0.3 is 14.9 Å². The average Bonchev–Trinajstić information content (AvgIpc) is 2.48. The molecule has 1 saturated carbocycles. The van der Waals surface area contributed by atoms with Crippen LogP contribution in [0.3, 0.4) is 0 Å². The summed E-state index contributed by atoms with van der Waals surface area (Å²) in [5.41, 5.74) is 0.774. The predicted octanol–water partition coefficient (Wildman–Crippen LogP) is 3.62. The monoisotopic (exact) mass is 345 g/mol. The molecule has 0 spiro atoms. The standard InChI is InChI=1S/C20H27NO4/c1-5-24-17-8-7-13(10-18(17)25-6-2)9-15(22)19-14(21)11-20(3,4)12-16(19)23/h7-8,10,19,21H,5-6,9,11-12H2,1-4H3/t19-/m0/s1. The number of rotatable bonds is 7. The van der Waals surface area contributed by atoms with Gasteiger partial charge in [0.25, 0.3) is 0 Å². The van der Waals surface area contributed by atoms with E-state index in [1.54, 1.807) is 12.1 Å². The molecule has 0 aliphatic heterocycles. The molecule has 1 aliphatic carbocycles. The zero-order chi connectivity index (χ0) is 18.6. The fraction of sp³-hybridized carbons (Fsp3) is 0.550. The Kier molecular flexibility index (Phi) is 5.98. The maximum Gasteiger partial charge on any atom is 0.161 e. The van der Waals surface area contributed by atoms with Crippen molar-refractivity contribution in [3.63, 3.8) is 0 Å². The molecule has 0 heterocycles. The van der Waals surface area contributed by atoms with E-state index in [1.165, 1.54) is 0 Å². The summed E-state index contributed by atoms with van der Waals surface area (Å²) in [6.45, 7) is 8.73. The normalized spacial score (nSPS) is 19.6. The molecule has 0 radical (unpaired) electrons. The van der Waals surface area contributed by atoms with E-state index >= 15 is 0 Å². The average molecular weight is 345 g/mol. The maximum atomic E-state index is 12.6. The zero-order valence-electron chi connectivity index (χ0n) is 15.5. The molecule has 136 valence electrons. The van der Waals surface area contributed by atoms with Crippen LogP contribution in [0.4, 0.5) is 0 Å². The summed E-state index contributed by atoms with van der Waals surface area (Å²) < 4.78 is 11.1. The number of carbonyl (C=O) groups excluding carboxylic acids is 2. The summed E-state index contributed by atoms with van der Waals surface area (Å²) in [7, 11) is 0. The van der Waals surface area contributed by atoms with Crippen molar-refractivity contribution < 1.29 is 19.1 Å². The lowest BCUT2D eigenvalue weighted by molar-refractivity contribution is -0.131. The smallest absolute Gasteiger partial charge is 0.161 e. The van der Waals surface area contributed by atoms with Crippen molar-refractivity contribution >= 4 is 17.3 Å². The molecule has 1 N–H and O–H groups in total. The van der Waals surface area contributed by atoms with Crippen LogP contribution in [0.15, 0.2) is 18.2 Å². The molecule has 1 aromatic rings. The molecule has 1 aliphatic rings. The van der Waals surface area contributed by atoms with Gasteiger partial charge >= 0.3 is 0 Å². The predicted molar refractivity (Wildman–Crippen MR) is 96.7 cm³/mol. The molecule has 0 aromatic heterocycles. The van der Waals surface area contributed by atoms with E-state index in [4.69, 9.17) is 14.9 Å². The SMILES string of the molecule is CCOc1ccc(CC(=O)[C@@H]2C(=N)CC(C)(C)CC2=O)cc1OCC. The minimum absolute atomic E-state index is 0.117. The van der Waals surface area contributed by atoms with Crippen molar-refractivity contribution in [3.8, 4) is 11.5 Å². The van der Waals surface area contributed by atoms with Crippen LogP contribution in [0.5, 0.6) is 11.5 Å². The Hall–Kier alpha value is -2.17. The van der Waals surface area contributed by atoms with E-state index in [2.05, 4.69) is 0 Å². The minimum atomic E-state index is -0.893. The third-order valence-electron chi connectivity index (χ3n) is 4.30. The van der Waals surface area contributed by atoms with Gasteiger partial charge in [0.2, 0.25) is 0 Å². The fourth-order valence-corrected chi connectivity index (χ4v) is 3.33. The number of nitrogens with one attached hydrogen (secondary N) is 1. The second-order valence-corrected chi connectivity index (χ2v) is 7.23. The van der Waals surface area contributed by atoms with Gasteiger partial charge in [-0.2, -0.15) is 0 Å². The number of carbonyl (C=O) groups is 2. The first-order chi connectivity index (χ1) is 11.8. The van der Waals surface area contributed by atoms with Crippen molar-refractivity contribution in [1.29, 1.82) is 5.41 Å². The van der Waals surface area contributed by atoms with Gasteiger partial charge in [-0.05, 0) is 43.4 Å². The summed E-state index contributed by atoms with van der Waals surface area (Å²) >= 11 is 0. The molecule has 2 rings (SSSR count). The van der Waals surface area contributed by atoms with E-state index in [0.29, 0.717) is 37.6 Å². The van der Waals surface area contributed by atoms with Crippen molar-refractivity contribution in [2.45, 2.75) is 47.0 Å². The van der Waals surface area contributed by atoms with Crippen LogP contribution in [-0.4, -0.2) is 30.5 Å². The van der Waals surface area contributed by atoms with Crippen molar-refractivity contribution in [2.75, 3.05) is 13.2 Å². The number of hydrogen-bond donors (Lipinski definition) is 1. The number of hydrogen-bond acceptors (Lipinski definition) is 5. The van der Waals surface area contributed by atoms with Crippen molar-refractivity contribution in [3.05, 3.63) is 23.8 Å². The third-order valence-corrected chi connectivity index (χ3v) is 4.30. The first-order valence-electron chi connectivity index (χ1n) is 8.78. The van der Waals surface area contributed by atoms with E-state index < -0.39 is 5.92 Å². The lowest BCUT2D eigenvalue weighted by Gasteiger charge is -2.33. The minimum Gasteiger partial charge on any atom is -0.490 e. The maximum absolute atomic E-state index is 12.6. The van der Waals surface area contributed by atoms with Gasteiger partial charge in [-0.3, -0.25) is 9.59 Å². The molecule has 0 saturated heterocycles. The third kappa shape index (κ3) is 4.68. The van der Waals surface area contributed by atoms with Gasteiger partial charge in [-0.25, -0.2) is 0 Å². The van der Waals surface area contributed by atoms with E-state index in [1.807, 2.05) is 33.8 Å². The second kappa shape index (κ2) is 7.81. The highest BCUT2D eigenvalue weighted by Crippen LogP contribution is 2.35. The van der Waals surface area contributed by atoms with Crippen molar-refractivity contribution in [1.82, 2.24) is 0 Å². The Morgan fingerprint density at radius 2 is 1.80 bits per heavy atom. The Bertz CT molecular complexity index is 658. The molecule has 1 fully saturated rings. The highest BCUT2D eigenvalue weighted by molar-refractivity contribution is 6.22. The Morgan fingerprint density at radius 1 is 1.16 bits per heavy atom. The van der Waals surface area contributed by atoms with Crippen LogP contribution in [0.2, 0.25) is 0 Å². The summed E-state index contributed by atoms with van der Waals surface area (Å²) in [5, 5.41) is 8.14. The topological polar surface area (TPSA) is 76.5 Å². The lowest BCUT2D eigenvalue weighted by Crippen LogP contribution is -2.42. The molecule has 25 heavy (non-hydrogen) atoms. The molecule has 0 unspecified atom stereocenters. The van der Waals surface area contributed by atoms with Gasteiger partial charge in [0.15, 0.2) is 17.3 Å². The van der Waals surface area contributed by atoms with Crippen molar-refractivity contribution in [2.24, 2.45) is 11.3 Å². The number of Topliss-reactive ketones (excluding diaryl/α,β-unsaturated/α-hetero) is 2. The summed E-state index contributed by atoms with van der Waals surface area (Å²) in [6, 6.07) is 5.38. The first-order valence-corrected chi connectivity index (χ1v) is 8.78. The molecule has 1 aromatic carbocycles. The second-order valence-electron chi connectivity index (χ2n) is 7.23. The largest absolute Gasteiger partial charge is 0.490 e. The Balaban J connectivity index is 2.16. The molecule has 5 nitrogen and oxygen atoms in total. The van der Waals surface area contributed by atoms with Gasteiger partial charge in [0.1, 0.15) is 11.7 Å². The molecule has 1 atom stereocenters. The first kappa shape index (κ1) is 19.2. The Labute approximate surface area is 149 Å². The summed E-state index contributed by atoms with van der Waals surface area (Å²) in [6.07, 6.45) is 0.952. The lowest BCUT2D eigenvalue weighted by atomic mass is 9.69. The van der Waals surface area contributed by atoms with Gasteiger partial charge in [-0.1, -0.05) is 19.9 Å². The highest BCUT2D eigenvalue weighted by Gasteiger charge is 2.40. The Morgan fingerprint density at radius 3 is 2.40 bits per heavy atom. The number of ketones is 2. The number of ether oxygens (including phenoxy) is 2. The molecular weight excluding hydrogens is 318 g/mol. The molecule has 5 heteroatoms. The molecule has 0 bridgehead atoms. The van der Waals surface area contributed by atoms with Crippen LogP contribution in [0, 0.1) is 16.7 Å². The quantitative estimate of drug-likeness (QED) is 0.766. The van der Waals surface area contributed by atoms with E-state index in [-0.39, 0.29) is 29.1 Å². The van der Waals surface area contributed by atoms with Crippen LogP contribution in [0.1, 0.15) is 46.1 Å².